The smallest absolute Gasteiger partial charge is 0.111 e. The molecule has 3 heteroatoms. The van der Waals surface area contributed by atoms with Crippen LogP contribution in [-0.2, 0) is 13.0 Å². The number of hydrogen-bond donors (Lipinski definition) is 1. The minimum atomic E-state index is 0.507. The van der Waals surface area contributed by atoms with Gasteiger partial charge in [0.25, 0.3) is 0 Å². The molecule has 1 aromatic heterocycles. The van der Waals surface area contributed by atoms with Gasteiger partial charge in [0, 0.05) is 19.0 Å². The molecule has 0 spiro atoms. The fraction of sp³-hybridized carbons (Fsp3) is 0.588. The number of aryl methyl sites for hydroxylation is 1. The van der Waals surface area contributed by atoms with Crippen LogP contribution < -0.4 is 5.32 Å². The topological polar surface area (TPSA) is 29.9 Å². The quantitative estimate of drug-likeness (QED) is 0.835. The van der Waals surface area contributed by atoms with Gasteiger partial charge in [-0.05, 0) is 38.4 Å². The van der Waals surface area contributed by atoms with Gasteiger partial charge < -0.3 is 9.88 Å². The molecule has 0 fully saturated rings. The molecule has 2 atom stereocenters. The fourth-order valence-electron chi connectivity index (χ4n) is 2.81. The zero-order valence-electron chi connectivity index (χ0n) is 13.2. The van der Waals surface area contributed by atoms with Crippen molar-refractivity contribution in [3.63, 3.8) is 0 Å². The number of aromatic nitrogens is 2. The van der Waals surface area contributed by atoms with Crippen molar-refractivity contribution in [2.24, 2.45) is 5.92 Å². The number of rotatable bonds is 7. The van der Waals surface area contributed by atoms with Gasteiger partial charge in [0.15, 0.2) is 0 Å². The lowest BCUT2D eigenvalue weighted by Crippen LogP contribution is -2.30. The van der Waals surface area contributed by atoms with Gasteiger partial charge in [-0.25, -0.2) is 4.98 Å². The largest absolute Gasteiger partial charge is 0.328 e. The molecule has 0 bridgehead atoms. The Labute approximate surface area is 122 Å². The van der Waals surface area contributed by atoms with E-state index >= 15 is 0 Å². The third kappa shape index (κ3) is 3.21. The summed E-state index contributed by atoms with van der Waals surface area (Å²) < 4.78 is 2.34. The van der Waals surface area contributed by atoms with E-state index in [-0.39, 0.29) is 0 Å². The Kier molecular flexibility index (Phi) is 5.18. The second-order valence-electron chi connectivity index (χ2n) is 5.70. The molecule has 0 amide bonds. The molecule has 0 aliphatic rings. The molecular formula is C17H27N3. The van der Waals surface area contributed by atoms with Crippen molar-refractivity contribution in [3.8, 4) is 0 Å². The lowest BCUT2D eigenvalue weighted by molar-refractivity contribution is 0.402. The number of para-hydroxylation sites is 2. The first-order valence-electron chi connectivity index (χ1n) is 7.80. The van der Waals surface area contributed by atoms with Gasteiger partial charge in [-0.15, -0.1) is 0 Å². The maximum atomic E-state index is 4.83. The van der Waals surface area contributed by atoms with E-state index in [1.165, 1.54) is 24.2 Å². The highest BCUT2D eigenvalue weighted by Gasteiger charge is 2.16. The molecule has 0 aliphatic carbocycles. The average molecular weight is 273 g/mol. The zero-order chi connectivity index (χ0) is 14.5. The molecule has 0 aliphatic heterocycles. The lowest BCUT2D eigenvalue weighted by atomic mass is 9.97. The summed E-state index contributed by atoms with van der Waals surface area (Å²) in [6.07, 6.45) is 3.45. The SMILES string of the molecule is CCC(C)CC(Cc1nc2ccccc2n1CC)NC. The number of nitrogens with zero attached hydrogens (tertiary/aromatic N) is 2. The van der Waals surface area contributed by atoms with Crippen LogP contribution in [0.15, 0.2) is 24.3 Å². The molecule has 2 rings (SSSR count). The Morgan fingerprint density at radius 3 is 2.65 bits per heavy atom. The van der Waals surface area contributed by atoms with Crippen molar-refractivity contribution in [3.05, 3.63) is 30.1 Å². The third-order valence-corrected chi connectivity index (χ3v) is 4.27. The van der Waals surface area contributed by atoms with Crippen LogP contribution in [0.4, 0.5) is 0 Å². The predicted molar refractivity (Wildman–Crippen MR) is 86.0 cm³/mol. The molecular weight excluding hydrogens is 246 g/mol. The number of likely N-dealkylation sites (N-methyl/N-ethyl adjacent to an activating group) is 1. The summed E-state index contributed by atoms with van der Waals surface area (Å²) in [5.74, 6) is 1.96. The van der Waals surface area contributed by atoms with Gasteiger partial charge in [-0.1, -0.05) is 32.4 Å². The summed E-state index contributed by atoms with van der Waals surface area (Å²) in [6.45, 7) is 7.77. The van der Waals surface area contributed by atoms with Gasteiger partial charge in [-0.3, -0.25) is 0 Å². The molecule has 0 radical (unpaired) electrons. The fourth-order valence-corrected chi connectivity index (χ4v) is 2.81. The van der Waals surface area contributed by atoms with Crippen LogP contribution in [0.2, 0.25) is 0 Å². The Hall–Kier alpha value is -1.35. The van der Waals surface area contributed by atoms with Crippen molar-refractivity contribution in [1.29, 1.82) is 0 Å². The highest BCUT2D eigenvalue weighted by Crippen LogP contribution is 2.19. The molecule has 3 nitrogen and oxygen atoms in total. The van der Waals surface area contributed by atoms with Gasteiger partial charge in [0.05, 0.1) is 11.0 Å². The first-order valence-corrected chi connectivity index (χ1v) is 7.80. The molecule has 0 saturated heterocycles. The van der Waals surface area contributed by atoms with Crippen LogP contribution in [0, 0.1) is 5.92 Å². The van der Waals surface area contributed by atoms with Crippen LogP contribution >= 0.6 is 0 Å². The highest BCUT2D eigenvalue weighted by atomic mass is 15.1. The Bertz CT molecular complexity index is 544. The Morgan fingerprint density at radius 1 is 1.25 bits per heavy atom. The van der Waals surface area contributed by atoms with Crippen molar-refractivity contribution in [1.82, 2.24) is 14.9 Å². The van der Waals surface area contributed by atoms with E-state index < -0.39 is 0 Å². The van der Waals surface area contributed by atoms with Gasteiger partial charge in [-0.2, -0.15) is 0 Å². The van der Waals surface area contributed by atoms with E-state index in [0.717, 1.165) is 24.4 Å². The van der Waals surface area contributed by atoms with Crippen LogP contribution in [0.5, 0.6) is 0 Å². The van der Waals surface area contributed by atoms with Gasteiger partial charge in [0.1, 0.15) is 5.82 Å². The summed E-state index contributed by atoms with van der Waals surface area (Å²) in [7, 11) is 2.06. The minimum Gasteiger partial charge on any atom is -0.328 e. The summed E-state index contributed by atoms with van der Waals surface area (Å²) in [5, 5.41) is 3.46. The summed E-state index contributed by atoms with van der Waals surface area (Å²) in [5.41, 5.74) is 2.37. The number of hydrogen-bond acceptors (Lipinski definition) is 2. The molecule has 1 aromatic carbocycles. The maximum Gasteiger partial charge on any atom is 0.111 e. The number of imidazole rings is 1. The van der Waals surface area contributed by atoms with Crippen LogP contribution in [0.3, 0.4) is 0 Å². The standard InChI is InChI=1S/C17H27N3/c1-5-13(3)11-14(18-4)12-17-19-15-9-7-8-10-16(15)20(17)6-2/h7-10,13-14,18H,5-6,11-12H2,1-4H3. The van der Waals surface area contributed by atoms with Gasteiger partial charge in [0.2, 0.25) is 0 Å². The summed E-state index contributed by atoms with van der Waals surface area (Å²) in [4.78, 5) is 4.83. The molecule has 2 aromatic rings. The van der Waals surface area contributed by atoms with E-state index in [1.54, 1.807) is 0 Å². The van der Waals surface area contributed by atoms with Crippen LogP contribution in [-0.4, -0.2) is 22.6 Å². The zero-order valence-corrected chi connectivity index (χ0v) is 13.2. The van der Waals surface area contributed by atoms with Crippen molar-refractivity contribution >= 4 is 11.0 Å². The highest BCUT2D eigenvalue weighted by molar-refractivity contribution is 5.75. The van der Waals surface area contributed by atoms with Gasteiger partial charge >= 0.3 is 0 Å². The summed E-state index contributed by atoms with van der Waals surface area (Å²) >= 11 is 0. The predicted octanol–water partition coefficient (Wildman–Crippen LogP) is 3.62. The molecule has 110 valence electrons. The van der Waals surface area contributed by atoms with E-state index in [4.69, 9.17) is 4.98 Å². The molecule has 0 saturated carbocycles. The first-order chi connectivity index (χ1) is 9.69. The van der Waals surface area contributed by atoms with Crippen LogP contribution in [0.25, 0.3) is 11.0 Å². The number of benzene rings is 1. The monoisotopic (exact) mass is 273 g/mol. The molecule has 2 unspecified atom stereocenters. The van der Waals surface area contributed by atoms with Crippen LogP contribution in [0.1, 0.15) is 39.4 Å². The average Bonchev–Trinajstić information content (AvgIpc) is 2.83. The second-order valence-corrected chi connectivity index (χ2v) is 5.70. The number of nitrogens with one attached hydrogen (secondary N) is 1. The second kappa shape index (κ2) is 6.89. The van der Waals surface area contributed by atoms with E-state index in [9.17, 15) is 0 Å². The summed E-state index contributed by atoms with van der Waals surface area (Å²) in [6, 6.07) is 8.93. The molecule has 20 heavy (non-hydrogen) atoms. The van der Waals surface area contributed by atoms with E-state index in [1.807, 2.05) is 0 Å². The van der Waals surface area contributed by atoms with E-state index in [0.29, 0.717) is 6.04 Å². The normalized spacial score (nSPS) is 14.6. The molecule has 1 N–H and O–H groups in total. The van der Waals surface area contributed by atoms with Crippen molar-refractivity contribution in [2.45, 2.75) is 52.6 Å². The Morgan fingerprint density at radius 2 is 2.00 bits per heavy atom. The third-order valence-electron chi connectivity index (χ3n) is 4.27. The number of fused-ring (bicyclic) bond motifs is 1. The van der Waals surface area contributed by atoms with Crippen molar-refractivity contribution in [2.75, 3.05) is 7.05 Å². The van der Waals surface area contributed by atoms with Crippen molar-refractivity contribution < 1.29 is 0 Å². The Balaban J connectivity index is 2.23. The maximum absolute atomic E-state index is 4.83. The lowest BCUT2D eigenvalue weighted by Gasteiger charge is -2.20. The first kappa shape index (κ1) is 15.0. The minimum absolute atomic E-state index is 0.507. The van der Waals surface area contributed by atoms with E-state index in [2.05, 4.69) is 62.0 Å². The molecule has 1 heterocycles.